The van der Waals surface area contributed by atoms with Crippen LogP contribution in [0.1, 0.15) is 22.6 Å². The first-order valence-electron chi connectivity index (χ1n) is 8.97. The lowest BCUT2D eigenvalue weighted by Gasteiger charge is -2.25. The molecule has 0 aliphatic carbocycles. The van der Waals surface area contributed by atoms with E-state index in [0.717, 1.165) is 22.5 Å². The summed E-state index contributed by atoms with van der Waals surface area (Å²) in [6, 6.07) is 9.48. The summed E-state index contributed by atoms with van der Waals surface area (Å²) < 4.78 is 2.00. The summed E-state index contributed by atoms with van der Waals surface area (Å²) in [5, 5.41) is 42.2. The highest BCUT2D eigenvalue weighted by atomic mass is 16.3. The van der Waals surface area contributed by atoms with Gasteiger partial charge in [0.15, 0.2) is 6.35 Å². The Morgan fingerprint density at radius 3 is 2.83 bits per heavy atom. The highest BCUT2D eigenvalue weighted by Gasteiger charge is 2.22. The molecule has 4 rings (SSSR count). The highest BCUT2D eigenvalue weighted by molar-refractivity contribution is 5.72. The summed E-state index contributed by atoms with van der Waals surface area (Å²) >= 11 is 0. The predicted octanol–water partition coefficient (Wildman–Crippen LogP) is 0.696. The minimum absolute atomic E-state index is 0.491. The van der Waals surface area contributed by atoms with Crippen molar-refractivity contribution in [3.05, 3.63) is 71.7 Å². The number of aryl methyl sites for hydroxylation is 1. The van der Waals surface area contributed by atoms with Crippen LogP contribution in [0.2, 0.25) is 0 Å². The number of hydrogen-bond acceptors (Lipinski definition) is 8. The van der Waals surface area contributed by atoms with Crippen molar-refractivity contribution in [2.24, 2.45) is 0 Å². The average Bonchev–Trinajstić information content (AvgIpc) is 3.17. The van der Waals surface area contributed by atoms with Gasteiger partial charge in [-0.3, -0.25) is 4.98 Å². The lowest BCUT2D eigenvalue weighted by molar-refractivity contribution is 0.0482. The lowest BCUT2D eigenvalue weighted by Crippen LogP contribution is -2.49. The summed E-state index contributed by atoms with van der Waals surface area (Å²) in [4.78, 5) is 4.30. The summed E-state index contributed by atoms with van der Waals surface area (Å²) in [7, 11) is 0. The quantitative estimate of drug-likeness (QED) is 0.513. The van der Waals surface area contributed by atoms with Gasteiger partial charge in [-0.2, -0.15) is 15.5 Å². The second-order valence-corrected chi connectivity index (χ2v) is 6.69. The number of nitrogens with one attached hydrogen (secondary N) is 2. The second kappa shape index (κ2) is 7.81. The third-order valence-electron chi connectivity index (χ3n) is 4.64. The van der Waals surface area contributed by atoms with Gasteiger partial charge in [0.05, 0.1) is 29.2 Å². The number of aliphatic hydroxyl groups is 2. The molecule has 9 nitrogen and oxygen atoms in total. The van der Waals surface area contributed by atoms with Gasteiger partial charge in [-0.1, -0.05) is 0 Å². The van der Waals surface area contributed by atoms with Gasteiger partial charge in [-0.05, 0) is 31.2 Å². The van der Waals surface area contributed by atoms with Gasteiger partial charge in [0, 0.05) is 41.5 Å². The molecule has 9 heteroatoms. The molecular formula is C20H19N7O2. The van der Waals surface area contributed by atoms with Crippen molar-refractivity contribution in [2.75, 3.05) is 0 Å². The van der Waals surface area contributed by atoms with E-state index < -0.39 is 12.6 Å². The van der Waals surface area contributed by atoms with E-state index in [0.29, 0.717) is 23.4 Å². The first kappa shape index (κ1) is 18.8. The van der Waals surface area contributed by atoms with Crippen molar-refractivity contribution in [3.8, 4) is 17.2 Å². The Morgan fingerprint density at radius 1 is 1.24 bits per heavy atom. The van der Waals surface area contributed by atoms with Crippen molar-refractivity contribution in [1.29, 1.82) is 5.26 Å². The number of rotatable bonds is 4. The van der Waals surface area contributed by atoms with Crippen molar-refractivity contribution in [3.63, 3.8) is 0 Å². The van der Waals surface area contributed by atoms with E-state index >= 15 is 0 Å². The van der Waals surface area contributed by atoms with E-state index in [4.69, 9.17) is 5.26 Å². The molecule has 0 fully saturated rings. The van der Waals surface area contributed by atoms with E-state index in [-0.39, 0.29) is 0 Å². The van der Waals surface area contributed by atoms with E-state index in [2.05, 4.69) is 31.9 Å². The van der Waals surface area contributed by atoms with Crippen molar-refractivity contribution >= 4 is 5.57 Å². The fourth-order valence-electron chi connectivity index (χ4n) is 3.10. The zero-order chi connectivity index (χ0) is 20.4. The average molecular weight is 389 g/mol. The van der Waals surface area contributed by atoms with Crippen LogP contribution in [0.3, 0.4) is 0 Å². The van der Waals surface area contributed by atoms with Crippen LogP contribution in [-0.2, 0) is 6.54 Å². The Morgan fingerprint density at radius 2 is 2.10 bits per heavy atom. The first-order valence-corrected chi connectivity index (χ1v) is 8.97. The number of nitrogens with zero attached hydrogens (tertiary/aromatic N) is 5. The Hall–Kier alpha value is -3.58. The largest absolute Gasteiger partial charge is 0.374 e. The number of aliphatic hydroxyl groups excluding tert-OH is 2. The third kappa shape index (κ3) is 4.00. The smallest absolute Gasteiger partial charge is 0.183 e. The maximum absolute atomic E-state index is 10.2. The fourth-order valence-corrected chi connectivity index (χ4v) is 3.10. The molecule has 3 aromatic rings. The normalized spacial score (nSPS) is 18.6. The highest BCUT2D eigenvalue weighted by Crippen LogP contribution is 2.26. The molecule has 1 aliphatic rings. The number of pyridine rings is 1. The molecule has 0 amide bonds. The zero-order valence-electron chi connectivity index (χ0n) is 15.6. The van der Waals surface area contributed by atoms with Crippen molar-refractivity contribution in [1.82, 2.24) is 30.4 Å². The Bertz CT molecular complexity index is 1100. The fraction of sp³-hybridized carbons (Fsp3) is 0.200. The van der Waals surface area contributed by atoms with Gasteiger partial charge < -0.3 is 20.1 Å². The SMILES string of the molecule is Cc1nnc(C2=CNC(O)NC2O)cc1-c1ccn(Cc2ccc(C#N)cn2)c1. The molecule has 1 aliphatic heterocycles. The molecule has 29 heavy (non-hydrogen) atoms. The molecule has 0 radical (unpaired) electrons. The molecule has 0 saturated heterocycles. The van der Waals surface area contributed by atoms with Crippen molar-refractivity contribution < 1.29 is 10.2 Å². The predicted molar refractivity (Wildman–Crippen MR) is 105 cm³/mol. The lowest BCUT2D eigenvalue weighted by atomic mass is 10.0. The van der Waals surface area contributed by atoms with Gasteiger partial charge in [0.1, 0.15) is 12.3 Å². The van der Waals surface area contributed by atoms with Crippen LogP contribution >= 0.6 is 0 Å². The molecule has 0 spiro atoms. The number of hydrogen-bond donors (Lipinski definition) is 4. The summed E-state index contributed by atoms with van der Waals surface area (Å²) in [6.45, 7) is 2.45. The topological polar surface area (TPSA) is 132 Å². The molecule has 146 valence electrons. The number of nitriles is 1. The molecule has 2 atom stereocenters. The molecular weight excluding hydrogens is 370 g/mol. The van der Waals surface area contributed by atoms with Gasteiger partial charge >= 0.3 is 0 Å². The van der Waals surface area contributed by atoms with Gasteiger partial charge in [-0.15, -0.1) is 0 Å². The molecule has 0 bridgehead atoms. The van der Waals surface area contributed by atoms with E-state index in [9.17, 15) is 10.2 Å². The van der Waals surface area contributed by atoms with Crippen molar-refractivity contribution in [2.45, 2.75) is 26.0 Å². The van der Waals surface area contributed by atoms with Crippen LogP contribution in [0.25, 0.3) is 16.7 Å². The maximum atomic E-state index is 10.2. The Balaban J connectivity index is 1.59. The van der Waals surface area contributed by atoms with Crippen LogP contribution in [0, 0.1) is 18.3 Å². The van der Waals surface area contributed by atoms with Gasteiger partial charge in [0.25, 0.3) is 0 Å². The van der Waals surface area contributed by atoms with E-state index in [1.54, 1.807) is 12.3 Å². The third-order valence-corrected chi connectivity index (χ3v) is 4.64. The molecule has 0 aromatic carbocycles. The van der Waals surface area contributed by atoms with Crippen LogP contribution in [-0.4, -0.2) is 42.5 Å². The second-order valence-electron chi connectivity index (χ2n) is 6.69. The van der Waals surface area contributed by atoms with Crippen LogP contribution in [0.5, 0.6) is 0 Å². The standard InChI is InChI=1S/C20H19N7O2/c1-12-16(6-18(26-25-12)17-9-23-20(29)24-19(17)28)14-4-5-27(10-14)11-15-3-2-13(7-21)8-22-15/h2-6,8-10,19-20,23-24,28-29H,11H2,1H3. The zero-order valence-corrected chi connectivity index (χ0v) is 15.6. The van der Waals surface area contributed by atoms with Crippen LogP contribution < -0.4 is 10.6 Å². The minimum Gasteiger partial charge on any atom is -0.374 e. The Labute approximate surface area is 167 Å². The maximum Gasteiger partial charge on any atom is 0.183 e. The first-order chi connectivity index (χ1) is 14.0. The van der Waals surface area contributed by atoms with Gasteiger partial charge in [-0.25, -0.2) is 5.32 Å². The van der Waals surface area contributed by atoms with Gasteiger partial charge in [0.2, 0.25) is 0 Å². The molecule has 4 heterocycles. The molecule has 3 aromatic heterocycles. The minimum atomic E-state index is -1.05. The van der Waals surface area contributed by atoms with Crippen LogP contribution in [0.4, 0.5) is 0 Å². The van der Waals surface area contributed by atoms with Crippen LogP contribution in [0.15, 0.2) is 49.1 Å². The Kier molecular flexibility index (Phi) is 5.05. The van der Waals surface area contributed by atoms with E-state index in [1.807, 2.05) is 42.1 Å². The molecule has 2 unspecified atom stereocenters. The van der Waals surface area contributed by atoms with E-state index in [1.165, 1.54) is 6.20 Å². The summed E-state index contributed by atoms with van der Waals surface area (Å²) in [5.41, 5.74) is 4.98. The monoisotopic (exact) mass is 389 g/mol. The molecule has 0 saturated carbocycles. The molecule has 4 N–H and O–H groups in total. The summed E-state index contributed by atoms with van der Waals surface area (Å²) in [5.74, 6) is 0. The number of aromatic nitrogens is 4. The summed E-state index contributed by atoms with van der Waals surface area (Å²) in [6.07, 6.45) is 4.95.